The summed E-state index contributed by atoms with van der Waals surface area (Å²) in [7, 11) is -2.46. The van der Waals surface area contributed by atoms with Crippen LogP contribution in [0.1, 0.15) is 34.8 Å². The maximum Gasteiger partial charge on any atom is 0.290 e. The van der Waals surface area contributed by atoms with E-state index in [1.807, 2.05) is 0 Å². The van der Waals surface area contributed by atoms with Gasteiger partial charge in [0.2, 0.25) is 15.9 Å². The van der Waals surface area contributed by atoms with Crippen molar-refractivity contribution >= 4 is 32.6 Å². The molecule has 0 spiro atoms. The molecule has 0 radical (unpaired) electrons. The van der Waals surface area contributed by atoms with Crippen LogP contribution in [0.5, 0.6) is 0 Å². The smallest absolute Gasteiger partial charge is 0.290 e. The van der Waals surface area contributed by atoms with E-state index in [1.54, 1.807) is 31.2 Å². The maximum atomic E-state index is 13.1. The van der Waals surface area contributed by atoms with Gasteiger partial charge < -0.3 is 4.52 Å². The van der Waals surface area contributed by atoms with Crippen LogP contribution in [-0.2, 0) is 21.9 Å². The van der Waals surface area contributed by atoms with Gasteiger partial charge in [-0.05, 0) is 32.8 Å². The molecule has 1 fully saturated rings. The van der Waals surface area contributed by atoms with Crippen LogP contribution in [0.2, 0.25) is 0 Å². The van der Waals surface area contributed by atoms with E-state index in [1.165, 1.54) is 18.3 Å². The third-order valence-corrected chi connectivity index (χ3v) is 7.90. The van der Waals surface area contributed by atoms with Crippen LogP contribution >= 0.6 is 0 Å². The Morgan fingerprint density at radius 2 is 1.85 bits per heavy atom. The summed E-state index contributed by atoms with van der Waals surface area (Å²) in [6.45, 7) is 3.28. The van der Waals surface area contributed by atoms with Crippen LogP contribution in [0.4, 0.5) is 0 Å². The van der Waals surface area contributed by atoms with Gasteiger partial charge in [-0.3, -0.25) is 25.2 Å². The monoisotopic (exact) mass is 488 g/mol. The normalized spacial score (nSPS) is 17.0. The lowest BCUT2D eigenvalue weighted by molar-refractivity contribution is -0.126. The zero-order chi connectivity index (χ0) is 24.6. The van der Waals surface area contributed by atoms with Gasteiger partial charge in [-0.1, -0.05) is 23.4 Å². The molecule has 3 aromatic rings. The number of hydrogen-bond donors (Lipinski definition) is 2. The summed E-state index contributed by atoms with van der Waals surface area (Å²) >= 11 is 0. The molecule has 1 atom stereocenters. The molecule has 1 unspecified atom stereocenters. The predicted octanol–water partition coefficient (Wildman–Crippen LogP) is 0.400. The average molecular weight is 489 g/mol. The van der Waals surface area contributed by atoms with Crippen molar-refractivity contribution in [1.29, 1.82) is 0 Å². The number of aromatic nitrogens is 3. The van der Waals surface area contributed by atoms with Crippen LogP contribution in [-0.4, -0.2) is 52.6 Å². The Hall–Kier alpha value is -3.58. The number of aryl methyl sites for hydroxylation is 3. The second kappa shape index (κ2) is 8.99. The second-order valence-corrected chi connectivity index (χ2v) is 10.00. The minimum atomic E-state index is -3.89. The van der Waals surface area contributed by atoms with Crippen molar-refractivity contribution in [3.63, 3.8) is 0 Å². The number of amides is 2. The lowest BCUT2D eigenvalue weighted by Gasteiger charge is -2.31. The lowest BCUT2D eigenvalue weighted by atomic mass is 9.99. The highest BCUT2D eigenvalue weighted by molar-refractivity contribution is 7.89. The van der Waals surface area contributed by atoms with Crippen LogP contribution < -0.4 is 16.4 Å². The highest BCUT2D eigenvalue weighted by Crippen LogP contribution is 2.27. The van der Waals surface area contributed by atoms with E-state index >= 15 is 0 Å². The van der Waals surface area contributed by atoms with E-state index in [0.717, 1.165) is 4.68 Å². The Bertz CT molecular complexity index is 1420. The van der Waals surface area contributed by atoms with Gasteiger partial charge in [-0.2, -0.15) is 9.40 Å². The number of rotatable bonds is 4. The predicted molar refractivity (Wildman–Crippen MR) is 120 cm³/mol. The van der Waals surface area contributed by atoms with Crippen LogP contribution in [0.15, 0.2) is 38.5 Å². The zero-order valence-electron chi connectivity index (χ0n) is 18.9. The van der Waals surface area contributed by atoms with E-state index in [0.29, 0.717) is 23.6 Å². The van der Waals surface area contributed by atoms with Gasteiger partial charge in [-0.25, -0.2) is 13.1 Å². The first-order chi connectivity index (χ1) is 16.1. The number of sulfonamides is 1. The average Bonchev–Trinajstić information content (AvgIpc) is 3.18. The van der Waals surface area contributed by atoms with E-state index < -0.39 is 27.8 Å². The Morgan fingerprint density at radius 1 is 1.15 bits per heavy atom. The number of hydrogen-bond acceptors (Lipinski definition) is 8. The molecular formula is C21H24N6O6S. The van der Waals surface area contributed by atoms with E-state index in [-0.39, 0.29) is 40.7 Å². The highest BCUT2D eigenvalue weighted by Gasteiger charge is 2.36. The molecule has 4 rings (SSSR count). The van der Waals surface area contributed by atoms with Crippen LogP contribution in [0.25, 0.3) is 10.8 Å². The molecule has 12 nitrogen and oxygen atoms in total. The number of nitrogens with one attached hydrogen (secondary N) is 2. The molecule has 34 heavy (non-hydrogen) atoms. The van der Waals surface area contributed by atoms with Crippen molar-refractivity contribution in [1.82, 2.24) is 30.1 Å². The first-order valence-corrected chi connectivity index (χ1v) is 12.0. The Balaban J connectivity index is 1.47. The fourth-order valence-corrected chi connectivity index (χ4v) is 5.91. The lowest BCUT2D eigenvalue weighted by Crippen LogP contribution is -2.50. The minimum Gasteiger partial charge on any atom is -0.360 e. The Kier molecular flexibility index (Phi) is 6.23. The van der Waals surface area contributed by atoms with Gasteiger partial charge >= 0.3 is 0 Å². The SMILES string of the molecule is Cc1noc(C)c1S(=O)(=O)N1CCCC(C(=O)NNC(=O)c2nn(C)c(=O)c3ccccc23)C1. The maximum absolute atomic E-state index is 13.1. The first-order valence-electron chi connectivity index (χ1n) is 10.6. The summed E-state index contributed by atoms with van der Waals surface area (Å²) in [5.74, 6) is -1.71. The topological polar surface area (TPSA) is 156 Å². The molecule has 1 aromatic carbocycles. The molecule has 180 valence electrons. The summed E-state index contributed by atoms with van der Waals surface area (Å²) < 4.78 is 33.4. The highest BCUT2D eigenvalue weighted by atomic mass is 32.2. The Labute approximate surface area is 194 Å². The molecule has 2 amide bonds. The quantitative estimate of drug-likeness (QED) is 0.500. The van der Waals surface area contributed by atoms with Crippen molar-refractivity contribution in [3.8, 4) is 0 Å². The van der Waals surface area contributed by atoms with Gasteiger partial charge in [-0.15, -0.1) is 0 Å². The molecule has 13 heteroatoms. The Morgan fingerprint density at radius 3 is 2.53 bits per heavy atom. The summed E-state index contributed by atoms with van der Waals surface area (Å²) in [4.78, 5) is 37.8. The number of piperidine rings is 1. The number of carbonyl (C=O) groups excluding carboxylic acids is 2. The molecule has 0 aliphatic carbocycles. The molecule has 0 saturated carbocycles. The van der Waals surface area contributed by atoms with Gasteiger partial charge in [0.1, 0.15) is 10.6 Å². The van der Waals surface area contributed by atoms with Gasteiger partial charge in [0.15, 0.2) is 11.5 Å². The van der Waals surface area contributed by atoms with Gasteiger partial charge in [0.05, 0.1) is 11.3 Å². The van der Waals surface area contributed by atoms with Gasteiger partial charge in [0.25, 0.3) is 11.5 Å². The van der Waals surface area contributed by atoms with Crippen molar-refractivity contribution in [2.75, 3.05) is 13.1 Å². The third-order valence-electron chi connectivity index (χ3n) is 5.79. The van der Waals surface area contributed by atoms with Crippen LogP contribution in [0.3, 0.4) is 0 Å². The number of fused-ring (bicyclic) bond motifs is 1. The largest absolute Gasteiger partial charge is 0.360 e. The van der Waals surface area contributed by atoms with Gasteiger partial charge in [0, 0.05) is 25.5 Å². The molecular weight excluding hydrogens is 464 g/mol. The second-order valence-electron chi connectivity index (χ2n) is 8.12. The van der Waals surface area contributed by atoms with Crippen molar-refractivity contribution in [2.45, 2.75) is 31.6 Å². The number of hydrazine groups is 1. The fraction of sp³-hybridized carbons (Fsp3) is 0.381. The number of carbonyl (C=O) groups is 2. The third kappa shape index (κ3) is 4.19. The fourth-order valence-electron chi connectivity index (χ4n) is 4.09. The summed E-state index contributed by atoms with van der Waals surface area (Å²) in [5.41, 5.74) is 4.57. The minimum absolute atomic E-state index is 0.00880. The number of benzene rings is 1. The van der Waals surface area contributed by atoms with E-state index in [2.05, 4.69) is 21.1 Å². The van der Waals surface area contributed by atoms with Crippen molar-refractivity contribution in [2.24, 2.45) is 13.0 Å². The van der Waals surface area contributed by atoms with Crippen molar-refractivity contribution < 1.29 is 22.5 Å². The summed E-state index contributed by atoms with van der Waals surface area (Å²) in [5, 5.41) is 8.40. The van der Waals surface area contributed by atoms with E-state index in [9.17, 15) is 22.8 Å². The molecule has 2 N–H and O–H groups in total. The summed E-state index contributed by atoms with van der Waals surface area (Å²) in [6.07, 6.45) is 0.929. The van der Waals surface area contributed by atoms with E-state index in [4.69, 9.17) is 4.52 Å². The zero-order valence-corrected chi connectivity index (χ0v) is 19.7. The molecule has 3 heterocycles. The first kappa shape index (κ1) is 23.6. The van der Waals surface area contributed by atoms with Crippen LogP contribution in [0, 0.1) is 19.8 Å². The molecule has 0 bridgehead atoms. The standard InChI is InChI=1S/C21H24N6O6S/c1-12-18(13(2)33-25-12)34(31,32)27-10-6-7-14(11-27)19(28)22-23-20(29)17-15-8-4-5-9-16(15)21(30)26(3)24-17/h4-5,8-9,14H,6-7,10-11H2,1-3H3,(H,22,28)(H,23,29). The molecule has 2 aromatic heterocycles. The molecule has 1 saturated heterocycles. The number of nitrogens with zero attached hydrogens (tertiary/aromatic N) is 4. The summed E-state index contributed by atoms with van der Waals surface area (Å²) in [6, 6.07) is 6.54. The van der Waals surface area contributed by atoms with Crippen molar-refractivity contribution in [3.05, 3.63) is 51.8 Å². The molecule has 1 aliphatic rings. The molecule has 1 aliphatic heterocycles.